The topological polar surface area (TPSA) is 23.5 Å². The number of hydrogen-bond donors (Lipinski definition) is 1. The standard InChI is InChI=1S/C13H17NO/c15-13-11-6-2-1-5-10(11)9-12(13)14-7-3-4-8-14/h1-2,5-6,12-13,15H,3-4,7-9H2. The van der Waals surface area contributed by atoms with Crippen LogP contribution in [0.3, 0.4) is 0 Å². The Morgan fingerprint density at radius 3 is 2.60 bits per heavy atom. The van der Waals surface area contributed by atoms with Crippen molar-refractivity contribution < 1.29 is 5.11 Å². The minimum absolute atomic E-state index is 0.265. The molecule has 2 unspecified atom stereocenters. The Morgan fingerprint density at radius 1 is 1.13 bits per heavy atom. The lowest BCUT2D eigenvalue weighted by atomic mass is 10.1. The van der Waals surface area contributed by atoms with Gasteiger partial charge in [-0.25, -0.2) is 0 Å². The molecule has 2 aliphatic rings. The zero-order valence-electron chi connectivity index (χ0n) is 8.89. The van der Waals surface area contributed by atoms with E-state index in [0.29, 0.717) is 6.04 Å². The molecule has 1 aromatic carbocycles. The molecule has 0 aromatic heterocycles. The molecule has 1 saturated heterocycles. The van der Waals surface area contributed by atoms with E-state index >= 15 is 0 Å². The molecule has 0 radical (unpaired) electrons. The number of nitrogens with zero attached hydrogens (tertiary/aromatic N) is 1. The summed E-state index contributed by atoms with van der Waals surface area (Å²) in [4.78, 5) is 2.45. The molecule has 80 valence electrons. The lowest BCUT2D eigenvalue weighted by Crippen LogP contribution is -2.35. The van der Waals surface area contributed by atoms with Crippen LogP contribution in [-0.4, -0.2) is 29.1 Å². The summed E-state index contributed by atoms with van der Waals surface area (Å²) in [5.74, 6) is 0. The molecule has 1 aliphatic heterocycles. The highest BCUT2D eigenvalue weighted by atomic mass is 16.3. The van der Waals surface area contributed by atoms with E-state index in [4.69, 9.17) is 0 Å². The van der Waals surface area contributed by atoms with Crippen LogP contribution in [0, 0.1) is 0 Å². The third-order valence-electron chi connectivity index (χ3n) is 3.78. The van der Waals surface area contributed by atoms with Crippen LogP contribution in [0.1, 0.15) is 30.1 Å². The van der Waals surface area contributed by atoms with Gasteiger partial charge in [0.15, 0.2) is 0 Å². The molecular weight excluding hydrogens is 186 g/mol. The highest BCUT2D eigenvalue weighted by Gasteiger charge is 2.35. The van der Waals surface area contributed by atoms with Crippen molar-refractivity contribution in [3.05, 3.63) is 35.4 Å². The number of aliphatic hydroxyl groups is 1. The molecule has 1 heterocycles. The summed E-state index contributed by atoms with van der Waals surface area (Å²) in [6.07, 6.45) is 3.34. The van der Waals surface area contributed by atoms with E-state index in [-0.39, 0.29) is 6.10 Å². The molecular formula is C13H17NO. The van der Waals surface area contributed by atoms with Gasteiger partial charge in [-0.3, -0.25) is 4.90 Å². The number of fused-ring (bicyclic) bond motifs is 1. The van der Waals surface area contributed by atoms with Crippen molar-refractivity contribution in [3.8, 4) is 0 Å². The zero-order valence-corrected chi connectivity index (χ0v) is 8.89. The zero-order chi connectivity index (χ0) is 10.3. The minimum Gasteiger partial charge on any atom is -0.387 e. The van der Waals surface area contributed by atoms with E-state index in [2.05, 4.69) is 23.1 Å². The normalized spacial score (nSPS) is 30.7. The lowest BCUT2D eigenvalue weighted by molar-refractivity contribution is 0.0750. The van der Waals surface area contributed by atoms with Crippen LogP contribution < -0.4 is 0 Å². The first-order valence-electron chi connectivity index (χ1n) is 5.86. The largest absolute Gasteiger partial charge is 0.387 e. The van der Waals surface area contributed by atoms with E-state index in [1.807, 2.05) is 6.07 Å². The summed E-state index contributed by atoms with van der Waals surface area (Å²) >= 11 is 0. The van der Waals surface area contributed by atoms with Gasteiger partial charge >= 0.3 is 0 Å². The first-order chi connectivity index (χ1) is 7.36. The summed E-state index contributed by atoms with van der Waals surface area (Å²) in [6.45, 7) is 2.32. The van der Waals surface area contributed by atoms with E-state index in [9.17, 15) is 5.11 Å². The number of benzene rings is 1. The number of likely N-dealkylation sites (tertiary alicyclic amines) is 1. The van der Waals surface area contributed by atoms with Gasteiger partial charge in [0.25, 0.3) is 0 Å². The maximum Gasteiger partial charge on any atom is 0.0951 e. The fourth-order valence-electron chi connectivity index (χ4n) is 2.95. The molecule has 0 amide bonds. The quantitative estimate of drug-likeness (QED) is 0.751. The fourth-order valence-corrected chi connectivity index (χ4v) is 2.95. The van der Waals surface area contributed by atoms with Gasteiger partial charge in [-0.15, -0.1) is 0 Å². The van der Waals surface area contributed by atoms with Gasteiger partial charge in [-0.2, -0.15) is 0 Å². The van der Waals surface area contributed by atoms with Crippen molar-refractivity contribution in [2.45, 2.75) is 31.4 Å². The average Bonchev–Trinajstić information content (AvgIpc) is 2.87. The van der Waals surface area contributed by atoms with Crippen LogP contribution in [0.25, 0.3) is 0 Å². The first kappa shape index (κ1) is 9.37. The van der Waals surface area contributed by atoms with Crippen LogP contribution in [0.15, 0.2) is 24.3 Å². The van der Waals surface area contributed by atoms with Crippen molar-refractivity contribution in [2.24, 2.45) is 0 Å². The molecule has 1 aromatic rings. The van der Waals surface area contributed by atoms with Crippen LogP contribution in [0.4, 0.5) is 0 Å². The highest BCUT2D eigenvalue weighted by Crippen LogP contribution is 2.35. The van der Waals surface area contributed by atoms with Crippen LogP contribution in [0.5, 0.6) is 0 Å². The molecule has 0 bridgehead atoms. The molecule has 2 heteroatoms. The van der Waals surface area contributed by atoms with E-state index < -0.39 is 0 Å². The molecule has 0 saturated carbocycles. The predicted octanol–water partition coefficient (Wildman–Crippen LogP) is 1.74. The number of hydrogen-bond acceptors (Lipinski definition) is 2. The molecule has 3 rings (SSSR count). The molecule has 1 N–H and O–H groups in total. The Balaban J connectivity index is 1.86. The second-order valence-electron chi connectivity index (χ2n) is 4.66. The van der Waals surface area contributed by atoms with Crippen molar-refractivity contribution in [1.82, 2.24) is 4.90 Å². The summed E-state index contributed by atoms with van der Waals surface area (Å²) < 4.78 is 0. The van der Waals surface area contributed by atoms with Crippen molar-refractivity contribution in [3.63, 3.8) is 0 Å². The molecule has 2 nitrogen and oxygen atoms in total. The maximum absolute atomic E-state index is 10.3. The predicted molar refractivity (Wildman–Crippen MR) is 59.7 cm³/mol. The lowest BCUT2D eigenvalue weighted by Gasteiger charge is -2.26. The van der Waals surface area contributed by atoms with Crippen molar-refractivity contribution in [2.75, 3.05) is 13.1 Å². The Bertz CT molecular complexity index is 357. The minimum atomic E-state index is -0.265. The molecule has 2 atom stereocenters. The Kier molecular flexibility index (Phi) is 2.26. The monoisotopic (exact) mass is 203 g/mol. The highest BCUT2D eigenvalue weighted by molar-refractivity contribution is 5.35. The average molecular weight is 203 g/mol. The smallest absolute Gasteiger partial charge is 0.0951 e. The molecule has 0 spiro atoms. The van der Waals surface area contributed by atoms with Gasteiger partial charge in [0, 0.05) is 6.04 Å². The molecule has 15 heavy (non-hydrogen) atoms. The number of rotatable bonds is 1. The van der Waals surface area contributed by atoms with Gasteiger partial charge in [0.05, 0.1) is 6.10 Å². The van der Waals surface area contributed by atoms with Crippen molar-refractivity contribution in [1.29, 1.82) is 0 Å². The van der Waals surface area contributed by atoms with Gasteiger partial charge in [0.2, 0.25) is 0 Å². The van der Waals surface area contributed by atoms with Crippen molar-refractivity contribution >= 4 is 0 Å². The Labute approximate surface area is 90.5 Å². The van der Waals surface area contributed by atoms with Gasteiger partial charge in [-0.05, 0) is 43.5 Å². The Morgan fingerprint density at radius 2 is 1.87 bits per heavy atom. The second-order valence-corrected chi connectivity index (χ2v) is 4.66. The van der Waals surface area contributed by atoms with Gasteiger partial charge in [-0.1, -0.05) is 24.3 Å². The fraction of sp³-hybridized carbons (Fsp3) is 0.538. The van der Waals surface area contributed by atoms with Gasteiger partial charge in [0.1, 0.15) is 0 Å². The third-order valence-corrected chi connectivity index (χ3v) is 3.78. The van der Waals surface area contributed by atoms with Crippen LogP contribution >= 0.6 is 0 Å². The van der Waals surface area contributed by atoms with Gasteiger partial charge < -0.3 is 5.11 Å². The third kappa shape index (κ3) is 1.48. The summed E-state index contributed by atoms with van der Waals surface area (Å²) in [5.41, 5.74) is 2.48. The number of aliphatic hydroxyl groups excluding tert-OH is 1. The SMILES string of the molecule is OC1c2ccccc2CC1N1CCCC1. The van der Waals surface area contributed by atoms with Crippen LogP contribution in [-0.2, 0) is 6.42 Å². The summed E-state index contributed by atoms with van der Waals surface area (Å²) in [6, 6.07) is 8.64. The molecule has 1 fully saturated rings. The van der Waals surface area contributed by atoms with Crippen LogP contribution in [0.2, 0.25) is 0 Å². The Hall–Kier alpha value is -0.860. The van der Waals surface area contributed by atoms with E-state index in [1.165, 1.54) is 18.4 Å². The van der Waals surface area contributed by atoms with E-state index in [1.54, 1.807) is 0 Å². The summed E-state index contributed by atoms with van der Waals surface area (Å²) in [5, 5.41) is 10.3. The maximum atomic E-state index is 10.3. The van der Waals surface area contributed by atoms with E-state index in [0.717, 1.165) is 25.1 Å². The first-order valence-corrected chi connectivity index (χ1v) is 5.86. The summed E-state index contributed by atoms with van der Waals surface area (Å²) in [7, 11) is 0. The molecule has 1 aliphatic carbocycles. The second kappa shape index (κ2) is 3.62.